The normalized spacial score (nSPS) is 29.1. The second kappa shape index (κ2) is 2.88. The smallest absolute Gasteiger partial charge is 0.0704 e. The summed E-state index contributed by atoms with van der Waals surface area (Å²) in [6, 6.07) is 10.4. The summed E-state index contributed by atoms with van der Waals surface area (Å²) in [6.45, 7) is 2.96. The lowest BCUT2D eigenvalue weighted by Crippen LogP contribution is -2.32. The molecule has 1 aliphatic rings. The van der Waals surface area contributed by atoms with Gasteiger partial charge in [0.25, 0.3) is 0 Å². The van der Waals surface area contributed by atoms with Gasteiger partial charge in [-0.1, -0.05) is 30.3 Å². The molecule has 12 heavy (non-hydrogen) atoms. The third-order valence-electron chi connectivity index (χ3n) is 2.41. The van der Waals surface area contributed by atoms with Crippen LogP contribution in [0.15, 0.2) is 30.3 Å². The third kappa shape index (κ3) is 1.24. The molecule has 0 amide bonds. The molecule has 1 N–H and O–H groups in total. The molecule has 0 radical (unpaired) electrons. The van der Waals surface area contributed by atoms with Gasteiger partial charge >= 0.3 is 0 Å². The van der Waals surface area contributed by atoms with Gasteiger partial charge in [-0.25, -0.2) is 0 Å². The fourth-order valence-electron chi connectivity index (χ4n) is 1.53. The van der Waals surface area contributed by atoms with Gasteiger partial charge in [0.2, 0.25) is 0 Å². The summed E-state index contributed by atoms with van der Waals surface area (Å²) in [5, 5.41) is 0. The van der Waals surface area contributed by atoms with Crippen LogP contribution in [0, 0.1) is 0 Å². The van der Waals surface area contributed by atoms with E-state index in [1.54, 1.807) is 0 Å². The van der Waals surface area contributed by atoms with E-state index in [1.807, 2.05) is 6.07 Å². The van der Waals surface area contributed by atoms with E-state index in [2.05, 4.69) is 36.7 Å². The number of nitrogens with one attached hydrogen (secondary N) is 1. The van der Waals surface area contributed by atoms with Crippen molar-refractivity contribution in [2.24, 2.45) is 0 Å². The van der Waals surface area contributed by atoms with Gasteiger partial charge < -0.3 is 4.84 Å². The van der Waals surface area contributed by atoms with E-state index in [4.69, 9.17) is 4.84 Å². The fourth-order valence-corrected chi connectivity index (χ4v) is 1.53. The van der Waals surface area contributed by atoms with Crippen molar-refractivity contribution in [3.05, 3.63) is 35.9 Å². The minimum Gasteiger partial charge on any atom is -0.301 e. The molecule has 0 aliphatic carbocycles. The Balaban J connectivity index is 2.29. The number of hydrogen-bond acceptors (Lipinski definition) is 2. The lowest BCUT2D eigenvalue weighted by molar-refractivity contribution is 0.0654. The lowest BCUT2D eigenvalue weighted by atomic mass is 9.91. The van der Waals surface area contributed by atoms with Crippen LogP contribution in [0.1, 0.15) is 18.9 Å². The summed E-state index contributed by atoms with van der Waals surface area (Å²) in [4.78, 5) is 5.16. The Morgan fingerprint density at radius 1 is 1.33 bits per heavy atom. The van der Waals surface area contributed by atoms with Gasteiger partial charge in [0.1, 0.15) is 0 Å². The van der Waals surface area contributed by atoms with Gasteiger partial charge in [0, 0.05) is 0 Å². The Morgan fingerprint density at radius 2 is 2.08 bits per heavy atom. The maximum atomic E-state index is 5.16. The van der Waals surface area contributed by atoms with Gasteiger partial charge in [-0.3, -0.25) is 0 Å². The first kappa shape index (κ1) is 7.77. The highest BCUT2D eigenvalue weighted by molar-refractivity contribution is 5.23. The zero-order valence-electron chi connectivity index (χ0n) is 7.21. The fraction of sp³-hybridized carbons (Fsp3) is 0.400. The van der Waals surface area contributed by atoms with Crippen LogP contribution < -0.4 is 5.48 Å². The van der Waals surface area contributed by atoms with Crippen LogP contribution in [0.3, 0.4) is 0 Å². The van der Waals surface area contributed by atoms with E-state index in [0.29, 0.717) is 0 Å². The molecule has 1 aliphatic heterocycles. The molecule has 0 spiro atoms. The second-order valence-corrected chi connectivity index (χ2v) is 3.40. The molecule has 1 fully saturated rings. The van der Waals surface area contributed by atoms with Crippen LogP contribution >= 0.6 is 0 Å². The Bertz CT molecular complexity index is 252. The summed E-state index contributed by atoms with van der Waals surface area (Å²) in [5.74, 6) is 0. The Kier molecular flexibility index (Phi) is 1.87. The number of hydroxylamine groups is 1. The predicted molar refractivity (Wildman–Crippen MR) is 47.5 cm³/mol. The third-order valence-corrected chi connectivity index (χ3v) is 2.41. The zero-order chi connectivity index (χ0) is 8.44. The maximum absolute atomic E-state index is 5.16. The van der Waals surface area contributed by atoms with Crippen molar-refractivity contribution in [1.29, 1.82) is 0 Å². The van der Waals surface area contributed by atoms with E-state index >= 15 is 0 Å². The zero-order valence-corrected chi connectivity index (χ0v) is 7.21. The molecule has 0 unspecified atom stereocenters. The highest BCUT2D eigenvalue weighted by Crippen LogP contribution is 2.27. The molecule has 2 rings (SSSR count). The summed E-state index contributed by atoms with van der Waals surface area (Å²) >= 11 is 0. The predicted octanol–water partition coefficient (Wildman–Crippen LogP) is 1.83. The van der Waals surface area contributed by atoms with E-state index in [1.165, 1.54) is 5.56 Å². The molecule has 1 atom stereocenters. The summed E-state index contributed by atoms with van der Waals surface area (Å²) < 4.78 is 0. The van der Waals surface area contributed by atoms with Crippen molar-refractivity contribution in [2.75, 3.05) is 6.61 Å². The lowest BCUT2D eigenvalue weighted by Gasteiger charge is -2.22. The number of rotatable bonds is 1. The summed E-state index contributed by atoms with van der Waals surface area (Å²) in [5.41, 5.74) is 4.36. The topological polar surface area (TPSA) is 21.3 Å². The average molecular weight is 163 g/mol. The van der Waals surface area contributed by atoms with Crippen molar-refractivity contribution < 1.29 is 4.84 Å². The molecule has 1 saturated heterocycles. The van der Waals surface area contributed by atoms with E-state index < -0.39 is 0 Å². The van der Waals surface area contributed by atoms with Gasteiger partial charge in [0.05, 0.1) is 12.1 Å². The van der Waals surface area contributed by atoms with Crippen LogP contribution in [0.25, 0.3) is 0 Å². The standard InChI is InChI=1S/C10H13NO/c1-10(7-8-12-11-10)9-5-3-2-4-6-9/h2-6,11H,7-8H2,1H3/t10-/m0/s1. The van der Waals surface area contributed by atoms with Gasteiger partial charge in [-0.05, 0) is 18.9 Å². The molecule has 1 aromatic rings. The molecule has 0 bridgehead atoms. The van der Waals surface area contributed by atoms with Crippen molar-refractivity contribution in [3.63, 3.8) is 0 Å². The SMILES string of the molecule is C[C@@]1(c2ccccc2)CCON1. The summed E-state index contributed by atoms with van der Waals surface area (Å²) in [7, 11) is 0. The first-order valence-electron chi connectivity index (χ1n) is 4.26. The molecule has 0 aromatic heterocycles. The second-order valence-electron chi connectivity index (χ2n) is 3.40. The quantitative estimate of drug-likeness (QED) is 0.682. The average Bonchev–Trinajstić information content (AvgIpc) is 2.55. The monoisotopic (exact) mass is 163 g/mol. The first-order chi connectivity index (χ1) is 5.81. The Labute approximate surface area is 72.5 Å². The number of hydrogen-bond donors (Lipinski definition) is 1. The molecular formula is C10H13NO. The van der Waals surface area contributed by atoms with Crippen LogP contribution in [-0.4, -0.2) is 6.61 Å². The van der Waals surface area contributed by atoms with Crippen molar-refractivity contribution in [3.8, 4) is 0 Å². The van der Waals surface area contributed by atoms with E-state index in [-0.39, 0.29) is 5.54 Å². The van der Waals surface area contributed by atoms with Gasteiger partial charge in [0.15, 0.2) is 0 Å². The van der Waals surface area contributed by atoms with Crippen molar-refractivity contribution in [2.45, 2.75) is 18.9 Å². The summed E-state index contributed by atoms with van der Waals surface area (Å²) in [6.07, 6.45) is 1.04. The molecule has 64 valence electrons. The molecular weight excluding hydrogens is 150 g/mol. The largest absolute Gasteiger partial charge is 0.301 e. The Hall–Kier alpha value is -0.860. The van der Waals surface area contributed by atoms with E-state index in [0.717, 1.165) is 13.0 Å². The molecule has 2 nitrogen and oxygen atoms in total. The van der Waals surface area contributed by atoms with Crippen LogP contribution in [0.2, 0.25) is 0 Å². The van der Waals surface area contributed by atoms with E-state index in [9.17, 15) is 0 Å². The van der Waals surface area contributed by atoms with Crippen LogP contribution in [-0.2, 0) is 10.4 Å². The molecule has 1 aromatic carbocycles. The molecule has 2 heteroatoms. The van der Waals surface area contributed by atoms with Crippen molar-refractivity contribution in [1.82, 2.24) is 5.48 Å². The van der Waals surface area contributed by atoms with Crippen LogP contribution in [0.5, 0.6) is 0 Å². The highest BCUT2D eigenvalue weighted by atomic mass is 16.7. The van der Waals surface area contributed by atoms with Gasteiger partial charge in [-0.2, -0.15) is 5.48 Å². The minimum atomic E-state index is 0.0151. The maximum Gasteiger partial charge on any atom is 0.0704 e. The molecule has 0 saturated carbocycles. The minimum absolute atomic E-state index is 0.0151. The number of benzene rings is 1. The van der Waals surface area contributed by atoms with Crippen molar-refractivity contribution >= 4 is 0 Å². The van der Waals surface area contributed by atoms with Crippen LogP contribution in [0.4, 0.5) is 0 Å². The first-order valence-corrected chi connectivity index (χ1v) is 4.26. The Morgan fingerprint density at radius 3 is 2.67 bits per heavy atom. The molecule has 1 heterocycles. The highest BCUT2D eigenvalue weighted by Gasteiger charge is 2.30. The van der Waals surface area contributed by atoms with Gasteiger partial charge in [-0.15, -0.1) is 0 Å².